The van der Waals surface area contributed by atoms with E-state index < -0.39 is 11.2 Å². The zero-order valence-corrected chi connectivity index (χ0v) is 17.4. The van der Waals surface area contributed by atoms with Crippen LogP contribution in [0.15, 0.2) is 27.4 Å². The van der Waals surface area contributed by atoms with Gasteiger partial charge in [0.15, 0.2) is 0 Å². The van der Waals surface area contributed by atoms with Crippen LogP contribution >= 0.6 is 23.4 Å². The van der Waals surface area contributed by atoms with Crippen molar-refractivity contribution in [3.8, 4) is 0 Å². The summed E-state index contributed by atoms with van der Waals surface area (Å²) in [4.78, 5) is 26.5. The minimum atomic E-state index is -0.481. The number of thioether (sulfide) groups is 1. The minimum absolute atomic E-state index is 0.0690. The van der Waals surface area contributed by atoms with E-state index in [1.54, 1.807) is 0 Å². The van der Waals surface area contributed by atoms with Gasteiger partial charge in [0.1, 0.15) is 0 Å². The zero-order valence-electron chi connectivity index (χ0n) is 15.8. The van der Waals surface area contributed by atoms with Gasteiger partial charge in [0.2, 0.25) is 0 Å². The molecule has 0 saturated carbocycles. The van der Waals surface area contributed by atoms with Crippen LogP contribution in [-0.4, -0.2) is 40.7 Å². The number of aromatic amines is 1. The van der Waals surface area contributed by atoms with Crippen molar-refractivity contribution < 1.29 is 9.47 Å². The highest BCUT2D eigenvalue weighted by molar-refractivity contribution is 8.08. The molecule has 0 radical (unpaired) electrons. The van der Waals surface area contributed by atoms with Gasteiger partial charge in [-0.15, -0.1) is 0 Å². The summed E-state index contributed by atoms with van der Waals surface area (Å²) in [5, 5.41) is 0.797. The van der Waals surface area contributed by atoms with Gasteiger partial charge in [-0.1, -0.05) is 50.1 Å². The van der Waals surface area contributed by atoms with Gasteiger partial charge in [0.05, 0.1) is 28.6 Å². The summed E-state index contributed by atoms with van der Waals surface area (Å²) in [5.74, 6) is 0. The number of nitrogens with zero attached hydrogens (tertiary/aromatic N) is 1. The molecule has 0 bridgehead atoms. The highest BCUT2D eigenvalue weighted by Gasteiger charge is 2.31. The Morgan fingerprint density at radius 1 is 1.26 bits per heavy atom. The standard InChI is InChI=1S/C19H27ClN2O4S/c1-3-5-9-25-13-16-15(26-10-6-4-2)11-17(27-16)22-12-14(7-8-20)18(23)21-19(22)24/h7-8,11-12,15-16H,3-6,9-10,13H2,1-2H3,(H,21,23,24)/b8-7+. The molecule has 0 aliphatic carbocycles. The first-order valence-corrected chi connectivity index (χ1v) is 10.6. The third kappa shape index (κ3) is 6.38. The van der Waals surface area contributed by atoms with Crippen LogP contribution in [0, 0.1) is 0 Å². The monoisotopic (exact) mass is 414 g/mol. The molecule has 6 nitrogen and oxygen atoms in total. The quantitative estimate of drug-likeness (QED) is 0.559. The van der Waals surface area contributed by atoms with Crippen LogP contribution in [0.25, 0.3) is 11.1 Å². The molecule has 0 spiro atoms. The van der Waals surface area contributed by atoms with Crippen molar-refractivity contribution in [3.05, 3.63) is 44.2 Å². The van der Waals surface area contributed by atoms with Gasteiger partial charge in [0, 0.05) is 24.9 Å². The third-order valence-corrected chi connectivity index (χ3v) is 5.53. The van der Waals surface area contributed by atoms with E-state index in [-0.39, 0.29) is 11.4 Å². The van der Waals surface area contributed by atoms with Crippen molar-refractivity contribution >= 4 is 34.5 Å². The molecular weight excluding hydrogens is 388 g/mol. The molecule has 1 aromatic heterocycles. The Labute approximate surface area is 168 Å². The Morgan fingerprint density at radius 2 is 2.00 bits per heavy atom. The van der Waals surface area contributed by atoms with Gasteiger partial charge in [-0.25, -0.2) is 4.79 Å². The molecule has 0 amide bonds. The van der Waals surface area contributed by atoms with Crippen LogP contribution in [0.4, 0.5) is 0 Å². The van der Waals surface area contributed by atoms with Gasteiger partial charge in [-0.2, -0.15) is 0 Å². The Kier molecular flexibility index (Phi) is 9.41. The van der Waals surface area contributed by atoms with E-state index in [4.69, 9.17) is 21.1 Å². The number of unbranched alkanes of at least 4 members (excludes halogenated alkanes) is 2. The van der Waals surface area contributed by atoms with Gasteiger partial charge in [0.25, 0.3) is 5.56 Å². The predicted octanol–water partition coefficient (Wildman–Crippen LogP) is 3.66. The molecular formula is C19H27ClN2O4S. The number of aromatic nitrogens is 2. The van der Waals surface area contributed by atoms with Crippen molar-refractivity contribution in [2.24, 2.45) is 0 Å². The smallest absolute Gasteiger partial charge is 0.333 e. The number of ether oxygens (including phenoxy) is 2. The maximum absolute atomic E-state index is 12.3. The van der Waals surface area contributed by atoms with Crippen molar-refractivity contribution in [1.29, 1.82) is 0 Å². The Hall–Kier alpha value is -1.28. The van der Waals surface area contributed by atoms with E-state index in [1.807, 2.05) is 6.08 Å². The summed E-state index contributed by atoms with van der Waals surface area (Å²) in [7, 11) is 0. The minimum Gasteiger partial charge on any atom is -0.380 e. The summed E-state index contributed by atoms with van der Waals surface area (Å²) in [6, 6.07) is 0. The second-order valence-corrected chi connectivity index (χ2v) is 7.80. The first-order valence-electron chi connectivity index (χ1n) is 9.31. The maximum Gasteiger partial charge on any atom is 0.333 e. The topological polar surface area (TPSA) is 73.3 Å². The fraction of sp³-hybridized carbons (Fsp3) is 0.579. The van der Waals surface area contributed by atoms with E-state index in [0.717, 1.165) is 30.7 Å². The van der Waals surface area contributed by atoms with E-state index in [2.05, 4.69) is 18.8 Å². The number of H-pyrrole nitrogens is 1. The van der Waals surface area contributed by atoms with Gasteiger partial charge in [-0.05, 0) is 25.0 Å². The van der Waals surface area contributed by atoms with Crippen LogP contribution in [0.5, 0.6) is 0 Å². The molecule has 1 aromatic rings. The molecule has 2 atom stereocenters. The average Bonchev–Trinajstić information content (AvgIpc) is 3.04. The van der Waals surface area contributed by atoms with E-state index in [1.165, 1.54) is 34.1 Å². The van der Waals surface area contributed by atoms with Crippen LogP contribution < -0.4 is 11.2 Å². The average molecular weight is 415 g/mol. The molecule has 1 aliphatic rings. The van der Waals surface area contributed by atoms with Crippen molar-refractivity contribution in [3.63, 3.8) is 0 Å². The molecule has 27 heavy (non-hydrogen) atoms. The first-order chi connectivity index (χ1) is 13.1. The Bertz CT molecular complexity index is 772. The number of hydrogen-bond acceptors (Lipinski definition) is 5. The SMILES string of the molecule is CCCCOCC1SC(n2cc(/C=C/Cl)c(=O)[nH]c2=O)=CC1OCCCC. The lowest BCUT2D eigenvalue weighted by molar-refractivity contribution is 0.0517. The van der Waals surface area contributed by atoms with Crippen LogP contribution in [0.1, 0.15) is 45.1 Å². The number of rotatable bonds is 11. The van der Waals surface area contributed by atoms with Crippen molar-refractivity contribution in [2.75, 3.05) is 19.8 Å². The first kappa shape index (κ1) is 22.0. The summed E-state index contributed by atoms with van der Waals surface area (Å²) in [6.45, 7) is 6.17. The fourth-order valence-electron chi connectivity index (χ4n) is 2.58. The summed E-state index contributed by atoms with van der Waals surface area (Å²) in [5.41, 5.74) is 0.617. The van der Waals surface area contributed by atoms with Crippen molar-refractivity contribution in [1.82, 2.24) is 9.55 Å². The van der Waals surface area contributed by atoms with E-state index >= 15 is 0 Å². The van der Waals surface area contributed by atoms with Crippen LogP contribution in [-0.2, 0) is 9.47 Å². The largest absolute Gasteiger partial charge is 0.380 e. The van der Waals surface area contributed by atoms with E-state index in [9.17, 15) is 9.59 Å². The molecule has 2 rings (SSSR count). The molecule has 2 unspecified atom stereocenters. The molecule has 0 aromatic carbocycles. The molecule has 1 aliphatic heterocycles. The van der Waals surface area contributed by atoms with Crippen LogP contribution in [0.3, 0.4) is 0 Å². The Balaban J connectivity index is 2.20. The fourth-order valence-corrected chi connectivity index (χ4v) is 3.94. The maximum atomic E-state index is 12.3. The highest BCUT2D eigenvalue weighted by Crippen LogP contribution is 2.37. The highest BCUT2D eigenvalue weighted by atomic mass is 35.5. The second-order valence-electron chi connectivity index (χ2n) is 6.29. The summed E-state index contributed by atoms with van der Waals surface area (Å²) < 4.78 is 13.2. The van der Waals surface area contributed by atoms with E-state index in [0.29, 0.717) is 25.4 Å². The molecule has 1 N–H and O–H groups in total. The van der Waals surface area contributed by atoms with Crippen molar-refractivity contribution in [2.45, 2.75) is 50.9 Å². The van der Waals surface area contributed by atoms with Crippen LogP contribution in [0.2, 0.25) is 0 Å². The summed E-state index contributed by atoms with van der Waals surface area (Å²) >= 11 is 7.11. The lowest BCUT2D eigenvalue weighted by atomic mass is 10.2. The van der Waals surface area contributed by atoms with Gasteiger partial charge < -0.3 is 9.47 Å². The third-order valence-electron chi connectivity index (χ3n) is 4.13. The number of nitrogens with one attached hydrogen (secondary N) is 1. The number of halogens is 1. The van der Waals surface area contributed by atoms with Gasteiger partial charge >= 0.3 is 5.69 Å². The lowest BCUT2D eigenvalue weighted by Gasteiger charge is -2.19. The normalized spacial score (nSPS) is 19.7. The summed E-state index contributed by atoms with van der Waals surface area (Å²) in [6.07, 6.45) is 8.90. The molecule has 0 fully saturated rings. The lowest BCUT2D eigenvalue weighted by Crippen LogP contribution is -2.29. The number of hydrogen-bond donors (Lipinski definition) is 1. The predicted molar refractivity (Wildman–Crippen MR) is 112 cm³/mol. The molecule has 0 saturated heterocycles. The van der Waals surface area contributed by atoms with Gasteiger partial charge in [-0.3, -0.25) is 14.3 Å². The molecule has 150 valence electrons. The Morgan fingerprint density at radius 3 is 2.70 bits per heavy atom. The molecule has 2 heterocycles. The zero-order chi connectivity index (χ0) is 19.6. The molecule has 8 heteroatoms. The second kappa shape index (κ2) is 11.5.